The molecule has 2 aliphatic rings. The van der Waals surface area contributed by atoms with Crippen molar-refractivity contribution in [3.05, 3.63) is 31.9 Å². The molecular weight excluding hydrogens is 428 g/mol. The average molecular weight is 459 g/mol. The maximum Gasteiger partial charge on any atom is 0.270 e. The van der Waals surface area contributed by atoms with E-state index in [1.165, 1.54) is 31.0 Å². The second kappa shape index (κ2) is 10.5. The van der Waals surface area contributed by atoms with E-state index in [1.54, 1.807) is 23.4 Å². The molecule has 0 radical (unpaired) electrons. The number of nitrogens with zero attached hydrogens (tertiary/aromatic N) is 4. The van der Waals surface area contributed by atoms with Crippen molar-refractivity contribution in [1.82, 2.24) is 9.47 Å². The average Bonchev–Trinajstić information content (AvgIpc) is 3.36. The maximum atomic E-state index is 13.1. The monoisotopic (exact) mass is 458 g/mol. The standard InChI is InChI=1S/C23H30N4O2S2/c1-4-5-6-7-8-13-27-22(29)19(31-23(27)30)14-17-16(2)18(15-24)21(28)25(3)20(17)26-11-9-10-12-26/h14H,4-13H2,1-3H3. The normalized spacial score (nSPS) is 17.8. The van der Waals surface area contributed by atoms with Crippen molar-refractivity contribution >= 4 is 46.1 Å². The predicted molar refractivity (Wildman–Crippen MR) is 131 cm³/mol. The minimum atomic E-state index is -0.293. The first-order valence-electron chi connectivity index (χ1n) is 11.0. The van der Waals surface area contributed by atoms with E-state index in [1.807, 2.05) is 6.08 Å². The van der Waals surface area contributed by atoms with E-state index >= 15 is 0 Å². The highest BCUT2D eigenvalue weighted by atomic mass is 32.2. The van der Waals surface area contributed by atoms with Gasteiger partial charge in [-0.3, -0.25) is 19.1 Å². The number of unbranched alkanes of at least 4 members (excludes halogenated alkanes) is 4. The zero-order chi connectivity index (χ0) is 22.5. The van der Waals surface area contributed by atoms with Gasteiger partial charge in [-0.2, -0.15) is 5.26 Å². The summed E-state index contributed by atoms with van der Waals surface area (Å²) in [6, 6.07) is 2.05. The third kappa shape index (κ3) is 4.88. The van der Waals surface area contributed by atoms with Crippen molar-refractivity contribution in [2.45, 2.75) is 58.8 Å². The molecule has 0 unspecified atom stereocenters. The Morgan fingerprint density at radius 1 is 1.16 bits per heavy atom. The van der Waals surface area contributed by atoms with Crippen LogP contribution in [0.15, 0.2) is 9.70 Å². The van der Waals surface area contributed by atoms with Gasteiger partial charge in [0.05, 0.1) is 4.91 Å². The summed E-state index contributed by atoms with van der Waals surface area (Å²) in [4.78, 5) is 30.3. The Morgan fingerprint density at radius 2 is 1.84 bits per heavy atom. The highest BCUT2D eigenvalue weighted by molar-refractivity contribution is 8.26. The Kier molecular flexibility index (Phi) is 7.95. The molecule has 0 bridgehead atoms. The third-order valence-electron chi connectivity index (χ3n) is 6.01. The van der Waals surface area contributed by atoms with Crippen LogP contribution in [0.25, 0.3) is 6.08 Å². The van der Waals surface area contributed by atoms with E-state index < -0.39 is 0 Å². The van der Waals surface area contributed by atoms with Gasteiger partial charge in [-0.25, -0.2) is 0 Å². The Balaban J connectivity index is 1.94. The van der Waals surface area contributed by atoms with Gasteiger partial charge in [0.1, 0.15) is 21.8 Å². The van der Waals surface area contributed by atoms with Gasteiger partial charge in [0.25, 0.3) is 11.5 Å². The van der Waals surface area contributed by atoms with Gasteiger partial charge in [-0.15, -0.1) is 0 Å². The molecular formula is C23H30N4O2S2. The lowest BCUT2D eigenvalue weighted by molar-refractivity contribution is -0.122. The first-order chi connectivity index (χ1) is 14.9. The number of aromatic nitrogens is 1. The van der Waals surface area contributed by atoms with Crippen LogP contribution in [-0.2, 0) is 11.8 Å². The number of amides is 1. The number of nitriles is 1. The van der Waals surface area contributed by atoms with Crippen LogP contribution in [0.4, 0.5) is 5.82 Å². The predicted octanol–water partition coefficient (Wildman–Crippen LogP) is 4.34. The van der Waals surface area contributed by atoms with E-state index in [0.717, 1.165) is 50.2 Å². The molecule has 2 fully saturated rings. The molecule has 6 nitrogen and oxygen atoms in total. The summed E-state index contributed by atoms with van der Waals surface area (Å²) in [7, 11) is 1.70. The van der Waals surface area contributed by atoms with Crippen LogP contribution in [-0.4, -0.2) is 39.3 Å². The summed E-state index contributed by atoms with van der Waals surface area (Å²) >= 11 is 6.80. The summed E-state index contributed by atoms with van der Waals surface area (Å²) in [6.45, 7) is 6.33. The fraction of sp³-hybridized carbons (Fsp3) is 0.565. The molecule has 3 rings (SSSR count). The maximum absolute atomic E-state index is 13.1. The molecule has 2 aliphatic heterocycles. The largest absolute Gasteiger partial charge is 0.357 e. The molecule has 8 heteroatoms. The number of pyridine rings is 1. The van der Waals surface area contributed by atoms with E-state index in [2.05, 4.69) is 17.9 Å². The highest BCUT2D eigenvalue weighted by Crippen LogP contribution is 2.36. The second-order valence-corrected chi connectivity index (χ2v) is 9.83. The molecule has 3 heterocycles. The first kappa shape index (κ1) is 23.6. The third-order valence-corrected chi connectivity index (χ3v) is 7.39. The fourth-order valence-corrected chi connectivity index (χ4v) is 5.51. The lowest BCUT2D eigenvalue weighted by Gasteiger charge is -2.25. The van der Waals surface area contributed by atoms with Crippen molar-refractivity contribution in [3.63, 3.8) is 0 Å². The molecule has 0 atom stereocenters. The molecule has 0 saturated carbocycles. The van der Waals surface area contributed by atoms with Gasteiger partial charge >= 0.3 is 0 Å². The molecule has 166 valence electrons. The number of thioether (sulfide) groups is 1. The van der Waals surface area contributed by atoms with Crippen LogP contribution in [0.2, 0.25) is 0 Å². The lowest BCUT2D eigenvalue weighted by atomic mass is 10.0. The van der Waals surface area contributed by atoms with Crippen LogP contribution in [0.5, 0.6) is 0 Å². The minimum absolute atomic E-state index is 0.0791. The Morgan fingerprint density at radius 3 is 2.48 bits per heavy atom. The topological polar surface area (TPSA) is 69.3 Å². The van der Waals surface area contributed by atoms with Crippen LogP contribution < -0.4 is 10.5 Å². The van der Waals surface area contributed by atoms with E-state index in [-0.39, 0.29) is 17.0 Å². The SMILES string of the molecule is CCCCCCCN1C(=O)C(=Cc2c(C)c(C#N)c(=O)n(C)c2N2CCCC2)SC1=S. The van der Waals surface area contributed by atoms with Gasteiger partial charge in [-0.05, 0) is 37.8 Å². The van der Waals surface area contributed by atoms with Crippen molar-refractivity contribution in [2.75, 3.05) is 24.5 Å². The molecule has 0 N–H and O–H groups in total. The number of carbonyl (C=O) groups is 1. The highest BCUT2D eigenvalue weighted by Gasteiger charge is 2.33. The number of anilines is 1. The van der Waals surface area contributed by atoms with Crippen molar-refractivity contribution < 1.29 is 4.79 Å². The van der Waals surface area contributed by atoms with Crippen molar-refractivity contribution in [1.29, 1.82) is 5.26 Å². The van der Waals surface area contributed by atoms with E-state index in [9.17, 15) is 14.9 Å². The summed E-state index contributed by atoms with van der Waals surface area (Å²) in [6.07, 6.45) is 9.57. The number of hydrogen-bond acceptors (Lipinski definition) is 6. The van der Waals surface area contributed by atoms with Crippen LogP contribution in [0.3, 0.4) is 0 Å². The molecule has 0 aromatic carbocycles. The summed E-state index contributed by atoms with van der Waals surface area (Å²) in [5, 5.41) is 9.56. The van der Waals surface area contributed by atoms with E-state index in [4.69, 9.17) is 12.2 Å². The van der Waals surface area contributed by atoms with Gasteiger partial charge in [0.15, 0.2) is 0 Å². The Hall–Kier alpha value is -2.11. The summed E-state index contributed by atoms with van der Waals surface area (Å²) in [5.41, 5.74) is 1.23. The number of carbonyl (C=O) groups excluding carboxylic acids is 1. The van der Waals surface area contributed by atoms with Gasteiger partial charge < -0.3 is 4.90 Å². The molecule has 1 aromatic heterocycles. The zero-order valence-electron chi connectivity index (χ0n) is 18.6. The van der Waals surface area contributed by atoms with Crippen molar-refractivity contribution in [3.8, 4) is 6.07 Å². The zero-order valence-corrected chi connectivity index (χ0v) is 20.2. The van der Waals surface area contributed by atoms with Gasteiger partial charge in [-0.1, -0.05) is 56.6 Å². The number of rotatable bonds is 8. The van der Waals surface area contributed by atoms with Crippen molar-refractivity contribution in [2.24, 2.45) is 7.05 Å². The molecule has 1 aromatic rings. The van der Waals surface area contributed by atoms with Crippen LogP contribution in [0, 0.1) is 18.3 Å². The first-order valence-corrected chi connectivity index (χ1v) is 12.3. The lowest BCUT2D eigenvalue weighted by Crippen LogP contribution is -2.31. The molecule has 31 heavy (non-hydrogen) atoms. The molecule has 0 spiro atoms. The number of thiocarbonyl (C=S) groups is 1. The molecule has 1 amide bonds. The van der Waals surface area contributed by atoms with E-state index in [0.29, 0.717) is 21.3 Å². The Labute approximate surface area is 193 Å². The van der Waals surface area contributed by atoms with Crippen LogP contribution >= 0.6 is 24.0 Å². The quantitative estimate of drug-likeness (QED) is 0.328. The second-order valence-electron chi connectivity index (χ2n) is 8.15. The summed E-state index contributed by atoms with van der Waals surface area (Å²) in [5.74, 6) is 0.702. The molecule has 0 aliphatic carbocycles. The minimum Gasteiger partial charge on any atom is -0.357 e. The van der Waals surface area contributed by atoms with Gasteiger partial charge in [0.2, 0.25) is 0 Å². The smallest absolute Gasteiger partial charge is 0.270 e. The van der Waals surface area contributed by atoms with Gasteiger partial charge in [0, 0.05) is 32.2 Å². The molecule has 2 saturated heterocycles. The fourth-order valence-electron chi connectivity index (χ4n) is 4.22. The van der Waals surface area contributed by atoms with Crippen LogP contribution in [0.1, 0.15) is 68.6 Å². The summed E-state index contributed by atoms with van der Waals surface area (Å²) < 4.78 is 2.13. The number of hydrogen-bond donors (Lipinski definition) is 0. The Bertz CT molecular complexity index is 1000.